The Balaban J connectivity index is 2.24. The third-order valence-electron chi connectivity index (χ3n) is 3.22. The lowest BCUT2D eigenvalue weighted by molar-refractivity contribution is 0.621. The molecule has 2 nitrogen and oxygen atoms in total. The van der Waals surface area contributed by atoms with Crippen LogP contribution in [0.2, 0.25) is 0 Å². The average molecular weight is 276 g/mol. The van der Waals surface area contributed by atoms with Gasteiger partial charge in [-0.25, -0.2) is 8.78 Å². The van der Waals surface area contributed by atoms with Gasteiger partial charge in [0.15, 0.2) is 0 Å². The fraction of sp³-hybridized carbons (Fsp3) is 0.250. The van der Waals surface area contributed by atoms with Crippen molar-refractivity contribution in [2.75, 3.05) is 11.9 Å². The molecule has 0 aliphatic rings. The highest BCUT2D eigenvalue weighted by Crippen LogP contribution is 2.26. The summed E-state index contributed by atoms with van der Waals surface area (Å²) < 4.78 is 26.2. The molecule has 0 spiro atoms. The van der Waals surface area contributed by atoms with Crippen molar-refractivity contribution in [1.82, 2.24) is 0 Å². The summed E-state index contributed by atoms with van der Waals surface area (Å²) in [5, 5.41) is 0. The molecule has 0 heterocycles. The van der Waals surface area contributed by atoms with E-state index < -0.39 is 0 Å². The fourth-order valence-corrected chi connectivity index (χ4v) is 2.19. The van der Waals surface area contributed by atoms with E-state index in [2.05, 4.69) is 0 Å². The van der Waals surface area contributed by atoms with Crippen LogP contribution in [0.15, 0.2) is 42.5 Å². The van der Waals surface area contributed by atoms with Gasteiger partial charge in [0, 0.05) is 25.3 Å². The first-order chi connectivity index (χ1) is 9.47. The normalized spacial score (nSPS) is 12.2. The summed E-state index contributed by atoms with van der Waals surface area (Å²) in [6, 6.07) is 10.7. The molecule has 0 saturated heterocycles. The maximum atomic E-state index is 13.3. The van der Waals surface area contributed by atoms with Crippen molar-refractivity contribution in [2.45, 2.75) is 19.5 Å². The number of halogens is 2. The van der Waals surface area contributed by atoms with Crippen LogP contribution in [0.3, 0.4) is 0 Å². The van der Waals surface area contributed by atoms with Crippen LogP contribution in [-0.2, 0) is 6.54 Å². The van der Waals surface area contributed by atoms with E-state index in [1.165, 1.54) is 24.3 Å². The van der Waals surface area contributed by atoms with E-state index in [0.717, 1.165) is 16.8 Å². The first kappa shape index (κ1) is 14.5. The van der Waals surface area contributed by atoms with Crippen LogP contribution in [-0.4, -0.2) is 7.05 Å². The number of nitrogens with two attached hydrogens (primary N) is 1. The maximum absolute atomic E-state index is 13.3. The molecule has 1 atom stereocenters. The van der Waals surface area contributed by atoms with Gasteiger partial charge in [-0.1, -0.05) is 12.1 Å². The summed E-state index contributed by atoms with van der Waals surface area (Å²) >= 11 is 0. The molecule has 0 unspecified atom stereocenters. The molecule has 0 aliphatic heterocycles. The minimum atomic E-state index is -0.295. The Morgan fingerprint density at radius 2 is 1.65 bits per heavy atom. The van der Waals surface area contributed by atoms with Crippen LogP contribution in [0.1, 0.15) is 24.1 Å². The van der Waals surface area contributed by atoms with E-state index in [1.807, 2.05) is 18.9 Å². The first-order valence-electron chi connectivity index (χ1n) is 6.48. The predicted molar refractivity (Wildman–Crippen MR) is 77.5 cm³/mol. The minimum Gasteiger partial charge on any atom is -0.370 e. The Kier molecular flexibility index (Phi) is 4.35. The van der Waals surface area contributed by atoms with Gasteiger partial charge in [0.1, 0.15) is 11.6 Å². The molecule has 0 fully saturated rings. The van der Waals surface area contributed by atoms with E-state index in [9.17, 15) is 8.78 Å². The van der Waals surface area contributed by atoms with Gasteiger partial charge < -0.3 is 10.6 Å². The van der Waals surface area contributed by atoms with Crippen LogP contribution in [0.25, 0.3) is 0 Å². The number of rotatable bonds is 4. The van der Waals surface area contributed by atoms with Crippen molar-refractivity contribution < 1.29 is 8.78 Å². The van der Waals surface area contributed by atoms with E-state index in [-0.39, 0.29) is 17.7 Å². The Bertz CT molecular complexity index is 580. The molecule has 2 aromatic rings. The molecular formula is C16H18F2N2. The van der Waals surface area contributed by atoms with Crippen molar-refractivity contribution >= 4 is 5.69 Å². The standard InChI is InChI=1S/C16H18F2N2/c1-11(19)15-9-14(18)7-8-16(15)20(2)10-12-3-5-13(17)6-4-12/h3-9,11H,10,19H2,1-2H3/t11-/m1/s1. The van der Waals surface area contributed by atoms with E-state index >= 15 is 0 Å². The van der Waals surface area contributed by atoms with Crippen LogP contribution in [0.4, 0.5) is 14.5 Å². The molecule has 106 valence electrons. The van der Waals surface area contributed by atoms with Crippen LogP contribution < -0.4 is 10.6 Å². The van der Waals surface area contributed by atoms with Gasteiger partial charge in [0.05, 0.1) is 0 Å². The number of anilines is 1. The largest absolute Gasteiger partial charge is 0.370 e. The minimum absolute atomic E-state index is 0.253. The van der Waals surface area contributed by atoms with Gasteiger partial charge in [-0.2, -0.15) is 0 Å². The topological polar surface area (TPSA) is 29.3 Å². The SMILES string of the molecule is C[C@@H](N)c1cc(F)ccc1N(C)Cc1ccc(F)cc1. The number of hydrogen-bond acceptors (Lipinski definition) is 2. The van der Waals surface area contributed by atoms with Crippen molar-refractivity contribution in [1.29, 1.82) is 0 Å². The van der Waals surface area contributed by atoms with Crippen molar-refractivity contribution in [2.24, 2.45) is 5.73 Å². The summed E-state index contributed by atoms with van der Waals surface area (Å²) in [6.45, 7) is 2.43. The van der Waals surface area contributed by atoms with Gasteiger partial charge in [0.2, 0.25) is 0 Å². The van der Waals surface area contributed by atoms with Crippen molar-refractivity contribution in [3.63, 3.8) is 0 Å². The third-order valence-corrected chi connectivity index (χ3v) is 3.22. The molecule has 2 aromatic carbocycles. The van der Waals surface area contributed by atoms with Gasteiger partial charge in [-0.3, -0.25) is 0 Å². The molecule has 0 bridgehead atoms. The van der Waals surface area contributed by atoms with Crippen molar-refractivity contribution in [3.8, 4) is 0 Å². The van der Waals surface area contributed by atoms with E-state index in [0.29, 0.717) is 6.54 Å². The molecule has 4 heteroatoms. The Morgan fingerprint density at radius 3 is 2.25 bits per heavy atom. The van der Waals surface area contributed by atoms with E-state index in [4.69, 9.17) is 5.73 Å². The van der Waals surface area contributed by atoms with Gasteiger partial charge >= 0.3 is 0 Å². The first-order valence-corrected chi connectivity index (χ1v) is 6.48. The quantitative estimate of drug-likeness (QED) is 0.924. The molecule has 2 rings (SSSR count). The highest BCUT2D eigenvalue weighted by atomic mass is 19.1. The van der Waals surface area contributed by atoms with Gasteiger partial charge in [0.25, 0.3) is 0 Å². The Morgan fingerprint density at radius 1 is 1.05 bits per heavy atom. The lowest BCUT2D eigenvalue weighted by Gasteiger charge is -2.24. The lowest BCUT2D eigenvalue weighted by Crippen LogP contribution is -2.20. The monoisotopic (exact) mass is 276 g/mol. The fourth-order valence-electron chi connectivity index (χ4n) is 2.19. The number of nitrogens with zero attached hydrogens (tertiary/aromatic N) is 1. The van der Waals surface area contributed by atoms with Gasteiger partial charge in [-0.05, 0) is 48.4 Å². The maximum Gasteiger partial charge on any atom is 0.123 e. The third kappa shape index (κ3) is 3.33. The summed E-state index contributed by atoms with van der Waals surface area (Å²) in [4.78, 5) is 1.98. The second-order valence-electron chi connectivity index (χ2n) is 4.97. The number of hydrogen-bond donors (Lipinski definition) is 1. The molecule has 0 saturated carbocycles. The smallest absolute Gasteiger partial charge is 0.123 e. The zero-order chi connectivity index (χ0) is 14.7. The highest BCUT2D eigenvalue weighted by molar-refractivity contribution is 5.54. The Labute approximate surface area is 117 Å². The van der Waals surface area contributed by atoms with Crippen LogP contribution >= 0.6 is 0 Å². The highest BCUT2D eigenvalue weighted by Gasteiger charge is 2.12. The summed E-state index contributed by atoms with van der Waals surface area (Å²) in [5.41, 5.74) is 8.51. The second-order valence-corrected chi connectivity index (χ2v) is 4.97. The molecule has 0 aromatic heterocycles. The van der Waals surface area contributed by atoms with Crippen LogP contribution in [0.5, 0.6) is 0 Å². The number of benzene rings is 2. The summed E-state index contributed by atoms with van der Waals surface area (Å²) in [5.74, 6) is -0.550. The van der Waals surface area contributed by atoms with Crippen molar-refractivity contribution in [3.05, 3.63) is 65.2 Å². The van der Waals surface area contributed by atoms with E-state index in [1.54, 1.807) is 18.2 Å². The average Bonchev–Trinajstić information content (AvgIpc) is 2.41. The molecular weight excluding hydrogens is 258 g/mol. The molecule has 20 heavy (non-hydrogen) atoms. The molecule has 2 N–H and O–H groups in total. The lowest BCUT2D eigenvalue weighted by atomic mass is 10.1. The second kappa shape index (κ2) is 6.01. The predicted octanol–water partition coefficient (Wildman–Crippen LogP) is 3.62. The Hall–Kier alpha value is -1.94. The molecule has 0 radical (unpaired) electrons. The molecule has 0 aliphatic carbocycles. The zero-order valence-electron chi connectivity index (χ0n) is 11.6. The zero-order valence-corrected chi connectivity index (χ0v) is 11.6. The summed E-state index contributed by atoms with van der Waals surface area (Å²) in [6.07, 6.45) is 0. The summed E-state index contributed by atoms with van der Waals surface area (Å²) in [7, 11) is 1.91. The van der Waals surface area contributed by atoms with Crippen LogP contribution in [0, 0.1) is 11.6 Å². The molecule has 0 amide bonds. The van der Waals surface area contributed by atoms with Gasteiger partial charge in [-0.15, -0.1) is 0 Å².